The van der Waals surface area contributed by atoms with Crippen LogP contribution in [0.4, 0.5) is 0 Å². The maximum atomic E-state index is 12.5. The van der Waals surface area contributed by atoms with E-state index >= 15 is 0 Å². The van der Waals surface area contributed by atoms with Crippen LogP contribution in [0.3, 0.4) is 0 Å². The summed E-state index contributed by atoms with van der Waals surface area (Å²) >= 11 is 2.91. The Morgan fingerprint density at radius 3 is 2.59 bits per heavy atom. The van der Waals surface area contributed by atoms with Crippen LogP contribution >= 0.6 is 23.1 Å². The van der Waals surface area contributed by atoms with Crippen LogP contribution in [-0.4, -0.2) is 44.0 Å². The van der Waals surface area contributed by atoms with Crippen LogP contribution in [0.5, 0.6) is 0 Å². The number of carbonyl (C=O) groups is 2. The third kappa shape index (κ3) is 6.54. The maximum Gasteiger partial charge on any atom is 0.325 e. The van der Waals surface area contributed by atoms with Gasteiger partial charge in [0.15, 0.2) is 14.6 Å². The fourth-order valence-corrected chi connectivity index (χ4v) is 6.15. The summed E-state index contributed by atoms with van der Waals surface area (Å²) in [5, 5.41) is 0. The molecule has 3 aromatic rings. The number of amides is 1. The van der Waals surface area contributed by atoms with Gasteiger partial charge in [-0.3, -0.25) is 9.59 Å². The van der Waals surface area contributed by atoms with Crippen molar-refractivity contribution in [2.75, 3.05) is 19.1 Å². The third-order valence-electron chi connectivity index (χ3n) is 4.70. The van der Waals surface area contributed by atoms with Crippen molar-refractivity contribution in [3.8, 4) is 0 Å². The van der Waals surface area contributed by atoms with E-state index in [-0.39, 0.29) is 30.9 Å². The van der Waals surface area contributed by atoms with Gasteiger partial charge in [0.2, 0.25) is 5.91 Å². The highest BCUT2D eigenvalue weighted by Gasteiger charge is 2.15. The second-order valence-corrected chi connectivity index (χ2v) is 11.1. The first-order valence-electron chi connectivity index (χ1n) is 9.87. The van der Waals surface area contributed by atoms with Gasteiger partial charge >= 0.3 is 5.97 Å². The molecule has 0 saturated heterocycles. The molecule has 0 spiro atoms. The van der Waals surface area contributed by atoms with Gasteiger partial charge in [0.1, 0.15) is 6.54 Å². The van der Waals surface area contributed by atoms with Crippen LogP contribution in [-0.2, 0) is 36.5 Å². The summed E-state index contributed by atoms with van der Waals surface area (Å²) < 4.78 is 32.0. The van der Waals surface area contributed by atoms with E-state index in [9.17, 15) is 18.0 Å². The Labute approximate surface area is 195 Å². The first-order valence-corrected chi connectivity index (χ1v) is 13.7. The summed E-state index contributed by atoms with van der Waals surface area (Å²) in [6, 6.07) is 14.8. The number of methoxy groups -OCH3 is 1. The molecule has 1 aromatic heterocycles. The number of hydrogen-bond donors (Lipinski definition) is 0. The van der Waals surface area contributed by atoms with Crippen LogP contribution in [0.2, 0.25) is 0 Å². The molecule has 0 aliphatic heterocycles. The fraction of sp³-hybridized carbons (Fsp3) is 0.318. The van der Waals surface area contributed by atoms with Gasteiger partial charge in [0, 0.05) is 11.3 Å². The molecule has 1 heterocycles. The Kier molecular flexibility index (Phi) is 8.27. The van der Waals surface area contributed by atoms with E-state index in [1.165, 1.54) is 18.4 Å². The molecule has 0 N–H and O–H groups in total. The lowest BCUT2D eigenvalue weighted by Gasteiger charge is -2.04. The molecule has 1 amide bonds. The molecule has 32 heavy (non-hydrogen) atoms. The number of fused-ring (bicyclic) bond motifs is 1. The number of aromatic nitrogens is 1. The first kappa shape index (κ1) is 24.2. The lowest BCUT2D eigenvalue weighted by atomic mass is 10.2. The van der Waals surface area contributed by atoms with E-state index in [0.29, 0.717) is 4.80 Å². The average molecular weight is 493 g/mol. The second-order valence-electron chi connectivity index (χ2n) is 7.07. The summed E-state index contributed by atoms with van der Waals surface area (Å²) in [7, 11) is -2.01. The maximum absolute atomic E-state index is 12.5. The van der Waals surface area contributed by atoms with Crippen molar-refractivity contribution in [1.29, 1.82) is 0 Å². The summed E-state index contributed by atoms with van der Waals surface area (Å²) in [6.07, 6.45) is 2.17. The zero-order valence-corrected chi connectivity index (χ0v) is 20.3. The number of thiazole rings is 1. The number of sulfone groups is 1. The first-order chi connectivity index (χ1) is 15.3. The largest absolute Gasteiger partial charge is 0.468 e. The molecule has 170 valence electrons. The van der Waals surface area contributed by atoms with Crippen molar-refractivity contribution in [3.63, 3.8) is 0 Å². The highest BCUT2D eigenvalue weighted by atomic mass is 32.2. The standard InChI is InChI=1S/C22H24N2O5S3/c1-29-21(26)14-24-18-11-10-17(30-2)13-19(18)31-22(24)23-20(25)9-6-12-32(27,28)15-16-7-4-3-5-8-16/h3-5,7-8,10-11,13H,6,9,12,14-15H2,1-2H3. The molecular weight excluding hydrogens is 468 g/mol. The Morgan fingerprint density at radius 1 is 1.16 bits per heavy atom. The molecule has 10 heteroatoms. The van der Waals surface area contributed by atoms with Crippen LogP contribution < -0.4 is 4.80 Å². The van der Waals surface area contributed by atoms with Crippen molar-refractivity contribution in [3.05, 3.63) is 58.9 Å². The number of rotatable bonds is 9. The molecule has 0 radical (unpaired) electrons. The summed E-state index contributed by atoms with van der Waals surface area (Å²) in [5.74, 6) is -1.00. The molecular formula is C22H24N2O5S3. The number of carbonyl (C=O) groups excluding carboxylic acids is 2. The SMILES string of the molecule is COC(=O)Cn1c(=NC(=O)CCCS(=O)(=O)Cc2ccccc2)sc2cc(SC)ccc21. The molecule has 0 unspecified atom stereocenters. The van der Waals surface area contributed by atoms with Gasteiger partial charge in [-0.05, 0) is 36.4 Å². The van der Waals surface area contributed by atoms with Crippen molar-refractivity contribution in [2.24, 2.45) is 4.99 Å². The second kappa shape index (κ2) is 10.9. The lowest BCUT2D eigenvalue weighted by molar-refractivity contribution is -0.141. The highest BCUT2D eigenvalue weighted by molar-refractivity contribution is 7.98. The summed E-state index contributed by atoms with van der Waals surface area (Å²) in [5.41, 5.74) is 1.51. The van der Waals surface area contributed by atoms with Crippen LogP contribution in [0.25, 0.3) is 10.2 Å². The topological polar surface area (TPSA) is 94.8 Å². The molecule has 0 aliphatic carbocycles. The number of benzene rings is 2. The third-order valence-corrected chi connectivity index (χ3v) is 8.15. The van der Waals surface area contributed by atoms with Gasteiger partial charge < -0.3 is 9.30 Å². The van der Waals surface area contributed by atoms with Crippen LogP contribution in [0.1, 0.15) is 18.4 Å². The minimum absolute atomic E-state index is 0.0105. The number of hydrogen-bond acceptors (Lipinski definition) is 7. The van der Waals surface area contributed by atoms with Crippen molar-refractivity contribution < 1.29 is 22.7 Å². The minimum atomic E-state index is -3.32. The van der Waals surface area contributed by atoms with E-state index in [0.717, 1.165) is 20.7 Å². The Morgan fingerprint density at radius 2 is 1.91 bits per heavy atom. The molecule has 0 bridgehead atoms. The smallest absolute Gasteiger partial charge is 0.325 e. The van der Waals surface area contributed by atoms with Crippen molar-refractivity contribution in [1.82, 2.24) is 4.57 Å². The van der Waals surface area contributed by atoms with Crippen LogP contribution in [0, 0.1) is 0 Å². The molecule has 0 aliphatic rings. The van der Waals surface area contributed by atoms with Crippen molar-refractivity contribution in [2.45, 2.75) is 30.0 Å². The van der Waals surface area contributed by atoms with Gasteiger partial charge in [-0.1, -0.05) is 41.7 Å². The number of esters is 1. The lowest BCUT2D eigenvalue weighted by Crippen LogP contribution is -2.22. The summed E-state index contributed by atoms with van der Waals surface area (Å²) in [6.45, 7) is -0.0628. The van der Waals surface area contributed by atoms with Gasteiger partial charge in [-0.25, -0.2) is 8.42 Å². The Hall–Kier alpha value is -2.43. The number of nitrogens with zero attached hydrogens (tertiary/aromatic N) is 2. The van der Waals surface area contributed by atoms with Gasteiger partial charge in [0.25, 0.3) is 0 Å². The zero-order valence-electron chi connectivity index (χ0n) is 17.8. The normalized spacial score (nSPS) is 12.2. The highest BCUT2D eigenvalue weighted by Crippen LogP contribution is 2.24. The van der Waals surface area contributed by atoms with E-state index in [2.05, 4.69) is 4.99 Å². The molecule has 2 aromatic carbocycles. The zero-order chi connectivity index (χ0) is 23.1. The van der Waals surface area contributed by atoms with Crippen molar-refractivity contribution >= 4 is 55.0 Å². The van der Waals surface area contributed by atoms with Gasteiger partial charge in [0.05, 0.1) is 28.8 Å². The monoisotopic (exact) mass is 492 g/mol. The molecule has 0 fully saturated rings. The van der Waals surface area contributed by atoms with E-state index < -0.39 is 21.7 Å². The van der Waals surface area contributed by atoms with E-state index in [1.54, 1.807) is 40.6 Å². The quantitative estimate of drug-likeness (QED) is 0.336. The number of thioether (sulfide) groups is 1. The number of ether oxygens (including phenoxy) is 1. The predicted molar refractivity (Wildman–Crippen MR) is 127 cm³/mol. The molecule has 3 rings (SSSR count). The Bertz CT molecular complexity index is 1280. The van der Waals surface area contributed by atoms with Gasteiger partial charge in [-0.15, -0.1) is 11.8 Å². The fourth-order valence-electron chi connectivity index (χ4n) is 3.12. The average Bonchev–Trinajstić information content (AvgIpc) is 3.09. The van der Waals surface area contributed by atoms with Crippen LogP contribution in [0.15, 0.2) is 58.4 Å². The van der Waals surface area contributed by atoms with Gasteiger partial charge in [-0.2, -0.15) is 4.99 Å². The minimum Gasteiger partial charge on any atom is -0.468 e. The molecule has 0 saturated carbocycles. The Balaban J connectivity index is 1.74. The van der Waals surface area contributed by atoms with E-state index in [1.807, 2.05) is 30.5 Å². The molecule has 0 atom stereocenters. The predicted octanol–water partition coefficient (Wildman–Crippen LogP) is 3.42. The summed E-state index contributed by atoms with van der Waals surface area (Å²) in [4.78, 5) is 30.0. The molecule has 7 nitrogen and oxygen atoms in total. The van der Waals surface area contributed by atoms with E-state index in [4.69, 9.17) is 4.74 Å².